The van der Waals surface area contributed by atoms with Crippen LogP contribution in [0.4, 0.5) is 8.63 Å². The van der Waals surface area contributed by atoms with Gasteiger partial charge in [0.05, 0.1) is 0 Å². The van der Waals surface area contributed by atoms with Crippen LogP contribution in [0.25, 0.3) is 12.2 Å². The average molecular weight is 322 g/mol. The van der Waals surface area contributed by atoms with Crippen LogP contribution in [0.2, 0.25) is 0 Å². The van der Waals surface area contributed by atoms with Crippen molar-refractivity contribution < 1.29 is 13.1 Å². The standard InChI is InChI=1S/C19H17BF2N2/c1-14-12-15(2)23-19(14)13-18-11-10-17(24(18)20(23,21)22)9-8-16-6-4-3-5-7-16/h3-13H,1-2H3. The Morgan fingerprint density at radius 1 is 1.04 bits per heavy atom. The van der Waals surface area contributed by atoms with Gasteiger partial charge in [0.25, 0.3) is 0 Å². The third-order valence-corrected chi connectivity index (χ3v) is 4.60. The van der Waals surface area contributed by atoms with Crippen molar-refractivity contribution in [3.8, 4) is 0 Å². The van der Waals surface area contributed by atoms with Crippen LogP contribution in [-0.2, 0) is 0 Å². The van der Waals surface area contributed by atoms with E-state index in [0.717, 1.165) is 15.6 Å². The Balaban J connectivity index is 1.84. The molecule has 0 aliphatic carbocycles. The van der Waals surface area contributed by atoms with E-state index in [4.69, 9.17) is 0 Å². The van der Waals surface area contributed by atoms with Crippen LogP contribution in [-0.4, -0.2) is 21.6 Å². The number of hydrogen-bond donors (Lipinski definition) is 0. The van der Waals surface area contributed by atoms with Crippen LogP contribution in [0, 0.1) is 13.8 Å². The lowest BCUT2D eigenvalue weighted by atomic mass is 9.90. The SMILES string of the molecule is Cc1cc(C)n2c1C=C1C=CC(C=Cc3ccccc3)=[N+]1[B-]2(F)F. The molecule has 0 unspecified atom stereocenters. The molecule has 2 nitrogen and oxygen atoms in total. The van der Waals surface area contributed by atoms with Crippen molar-refractivity contribution in [1.82, 2.24) is 4.48 Å². The summed E-state index contributed by atoms with van der Waals surface area (Å²) in [4.78, 5) is 0. The highest BCUT2D eigenvalue weighted by molar-refractivity contribution is 6.58. The number of halogens is 2. The van der Waals surface area contributed by atoms with Gasteiger partial charge in [-0.1, -0.05) is 30.3 Å². The van der Waals surface area contributed by atoms with Gasteiger partial charge in [0, 0.05) is 30.0 Å². The molecule has 1 aromatic carbocycles. The minimum Gasteiger partial charge on any atom is -0.394 e. The van der Waals surface area contributed by atoms with Crippen molar-refractivity contribution in [2.24, 2.45) is 0 Å². The molecular formula is C19H17BF2N2. The van der Waals surface area contributed by atoms with E-state index in [0.29, 0.717) is 22.8 Å². The normalized spacial score (nSPS) is 18.1. The fourth-order valence-corrected chi connectivity index (χ4v) is 3.53. The molecule has 0 bridgehead atoms. The maximum atomic E-state index is 15.2. The Bertz CT molecular complexity index is 947. The molecule has 0 fully saturated rings. The monoisotopic (exact) mass is 322 g/mol. The minimum atomic E-state index is -3.90. The molecule has 3 heterocycles. The van der Waals surface area contributed by atoms with E-state index in [1.807, 2.05) is 55.5 Å². The van der Waals surface area contributed by atoms with E-state index in [2.05, 4.69) is 0 Å². The fraction of sp³-hybridized carbons (Fsp3) is 0.105. The molecule has 0 amide bonds. The fourth-order valence-electron chi connectivity index (χ4n) is 3.53. The average Bonchev–Trinajstić information content (AvgIpc) is 3.09. The summed E-state index contributed by atoms with van der Waals surface area (Å²) in [5, 5.41) is 0. The predicted octanol–water partition coefficient (Wildman–Crippen LogP) is 4.42. The summed E-state index contributed by atoms with van der Waals surface area (Å²) < 4.78 is 32.8. The molecule has 0 radical (unpaired) electrons. The quantitative estimate of drug-likeness (QED) is 0.723. The zero-order valence-electron chi connectivity index (χ0n) is 13.6. The summed E-state index contributed by atoms with van der Waals surface area (Å²) in [5.74, 6) is 0. The molecule has 2 aliphatic heterocycles. The van der Waals surface area contributed by atoms with Gasteiger partial charge in [0.15, 0.2) is 11.4 Å². The van der Waals surface area contributed by atoms with Gasteiger partial charge in [-0.3, -0.25) is 0 Å². The molecule has 0 N–H and O–H groups in total. The number of allylic oxidation sites excluding steroid dienone is 3. The Kier molecular flexibility index (Phi) is 3.20. The van der Waals surface area contributed by atoms with E-state index >= 15 is 8.63 Å². The summed E-state index contributed by atoms with van der Waals surface area (Å²) in [6, 6.07) is 11.5. The molecule has 1 aromatic heterocycles. The highest BCUT2D eigenvalue weighted by atomic mass is 19.2. The topological polar surface area (TPSA) is 7.94 Å². The second kappa shape index (κ2) is 5.16. The largest absolute Gasteiger partial charge is 0.737 e. The zero-order valence-corrected chi connectivity index (χ0v) is 13.6. The summed E-state index contributed by atoms with van der Waals surface area (Å²) in [7, 11) is 0. The Hall–Kier alpha value is -2.69. The number of fused-ring (bicyclic) bond motifs is 2. The third-order valence-electron chi connectivity index (χ3n) is 4.60. The molecule has 4 rings (SSSR count). The van der Waals surface area contributed by atoms with Gasteiger partial charge in [-0.05, 0) is 42.8 Å². The van der Waals surface area contributed by atoms with Crippen LogP contribution in [0.1, 0.15) is 22.5 Å². The van der Waals surface area contributed by atoms with Crippen LogP contribution < -0.4 is 0 Å². The van der Waals surface area contributed by atoms with Crippen molar-refractivity contribution in [1.29, 1.82) is 0 Å². The van der Waals surface area contributed by atoms with E-state index in [9.17, 15) is 0 Å². The first-order chi connectivity index (χ1) is 11.5. The maximum absolute atomic E-state index is 15.2. The van der Waals surface area contributed by atoms with E-state index in [1.54, 1.807) is 25.2 Å². The lowest BCUT2D eigenvalue weighted by Crippen LogP contribution is -2.50. The molecule has 2 aliphatic rings. The molecule has 120 valence electrons. The Morgan fingerprint density at radius 2 is 1.79 bits per heavy atom. The predicted molar refractivity (Wildman–Crippen MR) is 95.1 cm³/mol. The van der Waals surface area contributed by atoms with Crippen molar-refractivity contribution in [3.05, 3.63) is 82.8 Å². The van der Waals surface area contributed by atoms with E-state index < -0.39 is 6.97 Å². The van der Waals surface area contributed by atoms with Crippen LogP contribution in [0.5, 0.6) is 0 Å². The molecule has 5 heteroatoms. The van der Waals surface area contributed by atoms with Gasteiger partial charge in [-0.15, -0.1) is 0 Å². The highest BCUT2D eigenvalue weighted by Crippen LogP contribution is 2.34. The van der Waals surface area contributed by atoms with Crippen LogP contribution in [0.3, 0.4) is 0 Å². The molecule has 2 aromatic rings. The number of aromatic nitrogens is 1. The number of hydrogen-bond acceptors (Lipinski definition) is 0. The Labute approximate surface area is 139 Å². The van der Waals surface area contributed by atoms with E-state index in [1.165, 1.54) is 4.48 Å². The molecule has 0 atom stereocenters. The molecular weight excluding hydrogens is 305 g/mol. The maximum Gasteiger partial charge on any atom is 0.737 e. The van der Waals surface area contributed by atoms with Gasteiger partial charge in [-0.25, -0.2) is 0 Å². The summed E-state index contributed by atoms with van der Waals surface area (Å²) in [6.07, 6.45) is 8.95. The first-order valence-electron chi connectivity index (χ1n) is 7.98. The molecule has 0 spiro atoms. The smallest absolute Gasteiger partial charge is 0.394 e. The van der Waals surface area contributed by atoms with E-state index in [-0.39, 0.29) is 0 Å². The minimum absolute atomic E-state index is 0.506. The first kappa shape index (κ1) is 14.9. The number of nitrogens with zero attached hydrogens (tertiary/aromatic N) is 2. The number of rotatable bonds is 2. The second-order valence-electron chi connectivity index (χ2n) is 6.25. The van der Waals surface area contributed by atoms with Crippen LogP contribution in [0.15, 0.2) is 60.3 Å². The highest BCUT2D eigenvalue weighted by Gasteiger charge is 2.52. The molecule has 0 saturated carbocycles. The van der Waals surface area contributed by atoms with Crippen molar-refractivity contribution in [3.63, 3.8) is 0 Å². The van der Waals surface area contributed by atoms with Crippen molar-refractivity contribution >= 4 is 24.8 Å². The zero-order chi connectivity index (χ0) is 16.9. The van der Waals surface area contributed by atoms with Gasteiger partial charge in [0.1, 0.15) is 0 Å². The van der Waals surface area contributed by atoms with Gasteiger partial charge in [0.2, 0.25) is 0 Å². The third kappa shape index (κ3) is 2.12. The molecule has 24 heavy (non-hydrogen) atoms. The molecule has 0 saturated heterocycles. The van der Waals surface area contributed by atoms with Crippen molar-refractivity contribution in [2.45, 2.75) is 13.8 Å². The second-order valence-corrected chi connectivity index (χ2v) is 6.25. The number of benzene rings is 1. The first-order valence-corrected chi connectivity index (χ1v) is 7.98. The van der Waals surface area contributed by atoms with Gasteiger partial charge >= 0.3 is 6.97 Å². The van der Waals surface area contributed by atoms with Gasteiger partial charge < -0.3 is 17.6 Å². The number of aryl methyl sites for hydroxylation is 2. The van der Waals surface area contributed by atoms with Crippen LogP contribution >= 0.6 is 0 Å². The Morgan fingerprint density at radius 3 is 2.54 bits per heavy atom. The lowest BCUT2D eigenvalue weighted by Gasteiger charge is -2.30. The summed E-state index contributed by atoms with van der Waals surface area (Å²) in [6.45, 7) is -0.294. The van der Waals surface area contributed by atoms with Gasteiger partial charge in [-0.2, -0.15) is 0 Å². The lowest BCUT2D eigenvalue weighted by molar-refractivity contribution is -0.360. The van der Waals surface area contributed by atoms with Crippen molar-refractivity contribution in [2.75, 3.05) is 0 Å². The summed E-state index contributed by atoms with van der Waals surface area (Å²) in [5.41, 5.74) is 4.09. The summed E-state index contributed by atoms with van der Waals surface area (Å²) >= 11 is 0.